The molecule has 29 heavy (non-hydrogen) atoms. The smallest absolute Gasteiger partial charge is 0.268 e. The zero-order chi connectivity index (χ0) is 21.6. The minimum atomic E-state index is -4.56. The Morgan fingerprint density at radius 3 is 2.24 bits per heavy atom. The zero-order valence-corrected chi connectivity index (χ0v) is 15.3. The Morgan fingerprint density at radius 1 is 1.07 bits per heavy atom. The molecule has 152 valence electrons. The van der Waals surface area contributed by atoms with Crippen molar-refractivity contribution in [2.24, 2.45) is 0 Å². The highest BCUT2D eigenvalue weighted by Gasteiger charge is 2.30. The fourth-order valence-corrected chi connectivity index (χ4v) is 3.10. The summed E-state index contributed by atoms with van der Waals surface area (Å²) in [5, 5.41) is -0.430. The summed E-state index contributed by atoms with van der Waals surface area (Å²) in [6.45, 7) is 0. The molecule has 1 heterocycles. The van der Waals surface area contributed by atoms with Crippen LogP contribution in [0, 0.1) is 11.6 Å². The number of carbonyl (C=O) groups is 1. The summed E-state index contributed by atoms with van der Waals surface area (Å²) in [4.78, 5) is 15.8. The highest BCUT2D eigenvalue weighted by Crippen LogP contribution is 2.34. The molecule has 0 atom stereocenters. The number of rotatable bonds is 3. The highest BCUT2D eigenvalue weighted by atomic mass is 32.2. The Hall–Kier alpha value is -3.08. The van der Waals surface area contributed by atoms with Gasteiger partial charge in [0.05, 0.1) is 22.9 Å². The summed E-state index contributed by atoms with van der Waals surface area (Å²) in [6.07, 6.45) is -2.87. The van der Waals surface area contributed by atoms with Gasteiger partial charge < -0.3 is 0 Å². The molecule has 11 heteroatoms. The normalized spacial score (nSPS) is 12.2. The molecule has 2 aromatic carbocycles. The quantitative estimate of drug-likeness (QED) is 0.640. The number of hydrogen-bond acceptors (Lipinski definition) is 4. The van der Waals surface area contributed by atoms with Gasteiger partial charge >= 0.3 is 6.18 Å². The van der Waals surface area contributed by atoms with Gasteiger partial charge in [0, 0.05) is 17.1 Å². The first-order valence-corrected chi connectivity index (χ1v) is 9.73. The maximum absolute atomic E-state index is 14.3. The van der Waals surface area contributed by atoms with Gasteiger partial charge in [0.25, 0.3) is 5.91 Å². The Bertz CT molecular complexity index is 1220. The number of amides is 1. The van der Waals surface area contributed by atoms with Crippen LogP contribution in [0.5, 0.6) is 0 Å². The van der Waals surface area contributed by atoms with Crippen LogP contribution >= 0.6 is 0 Å². The van der Waals surface area contributed by atoms with Gasteiger partial charge in [-0.2, -0.15) is 13.2 Å². The molecule has 0 radical (unpaired) electrons. The third-order valence-electron chi connectivity index (χ3n) is 3.92. The lowest BCUT2D eigenvalue weighted by molar-refractivity contribution is -0.137. The first-order valence-electron chi connectivity index (χ1n) is 7.84. The maximum Gasteiger partial charge on any atom is 0.416 e. The number of fused-ring (bicyclic) bond motifs is 1. The van der Waals surface area contributed by atoms with Crippen molar-refractivity contribution in [1.29, 1.82) is 0 Å². The van der Waals surface area contributed by atoms with E-state index in [9.17, 15) is 35.2 Å². The zero-order valence-electron chi connectivity index (χ0n) is 14.5. The molecule has 3 aromatic rings. The Balaban J connectivity index is 2.15. The number of nitrogens with zero attached hydrogens (tertiary/aromatic N) is 1. The lowest BCUT2D eigenvalue weighted by Gasteiger charge is -2.11. The SMILES string of the molecule is CS(=O)(=O)NC(=O)c1cnc2c(-c3ccc(C(F)(F)F)cc3)cc(F)c(F)c2c1. The van der Waals surface area contributed by atoms with Crippen molar-refractivity contribution < 1.29 is 35.2 Å². The van der Waals surface area contributed by atoms with E-state index in [2.05, 4.69) is 4.98 Å². The van der Waals surface area contributed by atoms with Crippen molar-refractivity contribution in [3.8, 4) is 11.1 Å². The van der Waals surface area contributed by atoms with Crippen LogP contribution in [0.1, 0.15) is 15.9 Å². The lowest BCUT2D eigenvalue weighted by atomic mass is 9.99. The van der Waals surface area contributed by atoms with Crippen molar-refractivity contribution in [3.05, 3.63) is 65.4 Å². The molecule has 1 N–H and O–H groups in total. The van der Waals surface area contributed by atoms with E-state index in [-0.39, 0.29) is 22.2 Å². The first-order chi connectivity index (χ1) is 13.4. The molecule has 0 fully saturated rings. The van der Waals surface area contributed by atoms with Crippen molar-refractivity contribution in [3.63, 3.8) is 0 Å². The Morgan fingerprint density at radius 2 is 1.69 bits per heavy atom. The van der Waals surface area contributed by atoms with Crippen LogP contribution in [0.2, 0.25) is 0 Å². The molecule has 0 aliphatic carbocycles. The number of hydrogen-bond donors (Lipinski definition) is 1. The largest absolute Gasteiger partial charge is 0.416 e. The topological polar surface area (TPSA) is 76.1 Å². The van der Waals surface area contributed by atoms with Crippen molar-refractivity contribution in [1.82, 2.24) is 9.71 Å². The third kappa shape index (κ3) is 4.34. The molecule has 0 aliphatic rings. The van der Waals surface area contributed by atoms with Crippen molar-refractivity contribution in [2.45, 2.75) is 6.18 Å². The van der Waals surface area contributed by atoms with E-state index in [1.54, 1.807) is 4.72 Å². The molecular formula is C18H11F5N2O3S. The van der Waals surface area contributed by atoms with E-state index in [0.717, 1.165) is 48.9 Å². The van der Waals surface area contributed by atoms with Gasteiger partial charge in [0.15, 0.2) is 11.6 Å². The van der Waals surface area contributed by atoms with Gasteiger partial charge in [-0.05, 0) is 29.8 Å². The second-order valence-corrected chi connectivity index (χ2v) is 7.87. The lowest BCUT2D eigenvalue weighted by Crippen LogP contribution is -2.29. The van der Waals surface area contributed by atoms with E-state index in [1.807, 2.05) is 0 Å². The molecule has 0 bridgehead atoms. The van der Waals surface area contributed by atoms with Crippen LogP contribution in [-0.2, 0) is 16.2 Å². The monoisotopic (exact) mass is 430 g/mol. The minimum Gasteiger partial charge on any atom is -0.268 e. The number of alkyl halides is 3. The third-order valence-corrected chi connectivity index (χ3v) is 4.48. The Labute approximate surface area is 161 Å². The number of carbonyl (C=O) groups excluding carboxylic acids is 1. The number of halogens is 5. The second-order valence-electron chi connectivity index (χ2n) is 6.12. The van der Waals surface area contributed by atoms with Crippen LogP contribution in [0.25, 0.3) is 22.0 Å². The first kappa shape index (κ1) is 20.6. The summed E-state index contributed by atoms with van der Waals surface area (Å²) in [7, 11) is -3.90. The molecule has 1 aromatic heterocycles. The van der Waals surface area contributed by atoms with Gasteiger partial charge in [-0.25, -0.2) is 21.9 Å². The molecule has 0 saturated carbocycles. The van der Waals surface area contributed by atoms with Crippen LogP contribution in [-0.4, -0.2) is 25.6 Å². The van der Waals surface area contributed by atoms with Crippen molar-refractivity contribution >= 4 is 26.8 Å². The average molecular weight is 430 g/mol. The van der Waals surface area contributed by atoms with Gasteiger partial charge in [0.2, 0.25) is 10.0 Å². The standard InChI is InChI=1S/C18H11F5N2O3S/c1-29(27,28)25-17(26)10-6-13-15(20)14(19)7-12(16(13)24-8-10)9-2-4-11(5-3-9)18(21,22)23/h2-8H,1H3,(H,25,26). The number of sulfonamides is 1. The van der Waals surface area contributed by atoms with E-state index in [4.69, 9.17) is 0 Å². The van der Waals surface area contributed by atoms with Gasteiger partial charge in [-0.1, -0.05) is 12.1 Å². The highest BCUT2D eigenvalue weighted by molar-refractivity contribution is 7.89. The van der Waals surface area contributed by atoms with E-state index in [0.29, 0.717) is 0 Å². The van der Waals surface area contributed by atoms with Gasteiger partial charge in [-0.15, -0.1) is 0 Å². The fraction of sp³-hybridized carbons (Fsp3) is 0.111. The molecular weight excluding hydrogens is 419 g/mol. The second kappa shape index (κ2) is 7.07. The molecule has 0 saturated heterocycles. The van der Waals surface area contributed by atoms with Crippen LogP contribution in [0.4, 0.5) is 22.0 Å². The molecule has 0 aliphatic heterocycles. The summed E-state index contributed by atoms with van der Waals surface area (Å²) in [6, 6.07) is 5.44. The minimum absolute atomic E-state index is 0.00250. The maximum atomic E-state index is 14.3. The van der Waals surface area contributed by atoms with Gasteiger partial charge in [-0.3, -0.25) is 9.78 Å². The summed E-state index contributed by atoms with van der Waals surface area (Å²) < 4.78 is 90.6. The van der Waals surface area contributed by atoms with Crippen LogP contribution in [0.15, 0.2) is 42.6 Å². The van der Waals surface area contributed by atoms with Crippen LogP contribution in [0.3, 0.4) is 0 Å². The predicted molar refractivity (Wildman–Crippen MR) is 94.4 cm³/mol. The molecule has 3 rings (SSSR count). The average Bonchev–Trinajstić information content (AvgIpc) is 2.62. The molecule has 1 amide bonds. The summed E-state index contributed by atoms with van der Waals surface area (Å²) in [5.41, 5.74) is -1.23. The van der Waals surface area contributed by atoms with Gasteiger partial charge in [0.1, 0.15) is 0 Å². The molecule has 0 spiro atoms. The Kier molecular flexibility index (Phi) is 5.03. The summed E-state index contributed by atoms with van der Waals surface area (Å²) in [5.74, 6) is -3.74. The van der Waals surface area contributed by atoms with E-state index >= 15 is 0 Å². The van der Waals surface area contributed by atoms with Crippen LogP contribution < -0.4 is 4.72 Å². The number of pyridine rings is 1. The van der Waals surface area contributed by atoms with E-state index < -0.39 is 44.7 Å². The molecule has 5 nitrogen and oxygen atoms in total. The van der Waals surface area contributed by atoms with Crippen molar-refractivity contribution in [2.75, 3.05) is 6.26 Å². The fourth-order valence-electron chi connectivity index (χ4n) is 2.64. The number of aromatic nitrogens is 1. The predicted octanol–water partition coefficient (Wildman–Crippen LogP) is 3.89. The summed E-state index contributed by atoms with van der Waals surface area (Å²) >= 11 is 0. The number of nitrogens with one attached hydrogen (secondary N) is 1. The number of benzene rings is 2. The molecule has 0 unspecified atom stereocenters. The van der Waals surface area contributed by atoms with E-state index in [1.165, 1.54) is 0 Å².